The highest BCUT2D eigenvalue weighted by atomic mass is 35.5. The molecule has 0 aliphatic heterocycles. The topological polar surface area (TPSA) is 41.5 Å². The van der Waals surface area contributed by atoms with Crippen molar-refractivity contribution in [2.45, 2.75) is 58.8 Å². The highest BCUT2D eigenvalue weighted by Crippen LogP contribution is 2.65. The van der Waals surface area contributed by atoms with Gasteiger partial charge >= 0.3 is 0 Å². The fraction of sp³-hybridized carbons (Fsp3) is 0.700. The zero-order valence-electron chi connectivity index (χ0n) is 15.0. The second-order valence-electron chi connectivity index (χ2n) is 8.37. The van der Waals surface area contributed by atoms with Crippen LogP contribution in [0.15, 0.2) is 24.3 Å². The van der Waals surface area contributed by atoms with Gasteiger partial charge in [-0.3, -0.25) is 0 Å². The van der Waals surface area contributed by atoms with Gasteiger partial charge in [-0.2, -0.15) is 0 Å². The molecule has 1 aromatic rings. The Balaban J connectivity index is 1.40. The van der Waals surface area contributed by atoms with E-state index in [1.54, 1.807) is 0 Å². The van der Waals surface area contributed by atoms with Crippen LogP contribution in [0.2, 0.25) is 5.02 Å². The Morgan fingerprint density at radius 3 is 2.58 bits per heavy atom. The van der Waals surface area contributed by atoms with Gasteiger partial charge in [-0.05, 0) is 53.7 Å². The van der Waals surface area contributed by atoms with Gasteiger partial charge in [0.2, 0.25) is 0 Å². The van der Waals surface area contributed by atoms with E-state index in [1.807, 2.05) is 24.3 Å². The van der Waals surface area contributed by atoms with Crippen molar-refractivity contribution in [2.75, 3.05) is 13.2 Å². The number of rotatable bonds is 7. The molecule has 4 atom stereocenters. The SMILES string of the molecule is CC1(C)[C@@H]2CC[C@@]1(C)[C@@H](NC[C@@H](O)COCc1ccc(Cl)cc1)C2. The Morgan fingerprint density at radius 1 is 1.29 bits per heavy atom. The lowest BCUT2D eigenvalue weighted by Gasteiger charge is -2.40. The standard InChI is InChI=1S/C20H30ClNO2/c1-19(2)15-8-9-20(19,3)18(10-15)22-11-17(23)13-24-12-14-4-6-16(21)7-5-14/h4-7,15,17-18,22-23H,8-13H2,1-3H3/t15-,17-,18+,20+/m1/s1. The van der Waals surface area contributed by atoms with Crippen LogP contribution in [0.1, 0.15) is 45.6 Å². The maximum absolute atomic E-state index is 10.2. The number of halogens is 1. The van der Waals surface area contributed by atoms with Crippen molar-refractivity contribution in [1.29, 1.82) is 0 Å². The summed E-state index contributed by atoms with van der Waals surface area (Å²) in [6.45, 7) is 8.71. The van der Waals surface area contributed by atoms with E-state index in [4.69, 9.17) is 16.3 Å². The third-order valence-electron chi connectivity index (χ3n) is 6.89. The summed E-state index contributed by atoms with van der Waals surface area (Å²) in [5, 5.41) is 14.6. The van der Waals surface area contributed by atoms with Gasteiger partial charge in [0.05, 0.1) is 19.3 Å². The number of hydrogen-bond donors (Lipinski definition) is 2. The van der Waals surface area contributed by atoms with Crippen LogP contribution in [0.4, 0.5) is 0 Å². The molecule has 2 saturated carbocycles. The largest absolute Gasteiger partial charge is 0.389 e. The normalized spacial score (nSPS) is 32.2. The van der Waals surface area contributed by atoms with E-state index < -0.39 is 6.10 Å². The van der Waals surface area contributed by atoms with Gasteiger partial charge in [0.15, 0.2) is 0 Å². The van der Waals surface area contributed by atoms with Gasteiger partial charge in [-0.15, -0.1) is 0 Å². The Labute approximate surface area is 150 Å². The Bertz CT molecular complexity index is 559. The molecule has 0 heterocycles. The summed E-state index contributed by atoms with van der Waals surface area (Å²) in [6, 6.07) is 8.12. The van der Waals surface area contributed by atoms with E-state index in [2.05, 4.69) is 26.1 Å². The molecule has 3 rings (SSSR count). The summed E-state index contributed by atoms with van der Waals surface area (Å²) in [6.07, 6.45) is 3.42. The molecule has 0 aromatic heterocycles. The highest BCUT2D eigenvalue weighted by Gasteiger charge is 2.60. The first kappa shape index (κ1) is 18.2. The molecule has 0 spiro atoms. The molecule has 134 valence electrons. The van der Waals surface area contributed by atoms with E-state index in [0.717, 1.165) is 16.5 Å². The van der Waals surface area contributed by atoms with Crippen LogP contribution in [-0.4, -0.2) is 30.4 Å². The lowest BCUT2D eigenvalue weighted by atomic mass is 9.69. The van der Waals surface area contributed by atoms with Crippen molar-refractivity contribution >= 4 is 11.6 Å². The molecule has 2 N–H and O–H groups in total. The van der Waals surface area contributed by atoms with Crippen LogP contribution >= 0.6 is 11.6 Å². The minimum Gasteiger partial charge on any atom is -0.389 e. The minimum atomic E-state index is -0.469. The molecule has 0 saturated heterocycles. The fourth-order valence-corrected chi connectivity index (χ4v) is 4.87. The number of hydrogen-bond acceptors (Lipinski definition) is 3. The molecule has 2 aliphatic rings. The second kappa shape index (κ2) is 6.95. The van der Waals surface area contributed by atoms with Crippen LogP contribution in [0.3, 0.4) is 0 Å². The first-order valence-electron chi connectivity index (χ1n) is 9.06. The van der Waals surface area contributed by atoms with E-state index >= 15 is 0 Å². The van der Waals surface area contributed by atoms with Crippen LogP contribution in [0.5, 0.6) is 0 Å². The summed E-state index contributed by atoms with van der Waals surface area (Å²) in [7, 11) is 0. The first-order chi connectivity index (χ1) is 11.3. The van der Waals surface area contributed by atoms with Crippen LogP contribution < -0.4 is 5.32 Å². The minimum absolute atomic E-state index is 0.349. The van der Waals surface area contributed by atoms with Crippen molar-refractivity contribution < 1.29 is 9.84 Å². The number of fused-ring (bicyclic) bond motifs is 2. The number of benzene rings is 1. The molecular formula is C20H30ClNO2. The van der Waals surface area contributed by atoms with Gasteiger partial charge in [0, 0.05) is 17.6 Å². The van der Waals surface area contributed by atoms with Crippen LogP contribution in [-0.2, 0) is 11.3 Å². The molecule has 2 fully saturated rings. The lowest BCUT2D eigenvalue weighted by Crippen LogP contribution is -2.47. The molecule has 1 aromatic carbocycles. The van der Waals surface area contributed by atoms with Gasteiger partial charge in [-0.25, -0.2) is 0 Å². The molecule has 0 radical (unpaired) electrons. The summed E-state index contributed by atoms with van der Waals surface area (Å²) >= 11 is 5.87. The lowest BCUT2D eigenvalue weighted by molar-refractivity contribution is 0.0231. The Morgan fingerprint density at radius 2 is 2.00 bits per heavy atom. The molecule has 3 nitrogen and oxygen atoms in total. The van der Waals surface area contributed by atoms with Crippen molar-refractivity contribution in [3.05, 3.63) is 34.9 Å². The molecule has 24 heavy (non-hydrogen) atoms. The number of aliphatic hydroxyl groups excluding tert-OH is 1. The molecular weight excluding hydrogens is 322 g/mol. The predicted molar refractivity (Wildman–Crippen MR) is 98.1 cm³/mol. The zero-order valence-corrected chi connectivity index (χ0v) is 15.8. The monoisotopic (exact) mass is 351 g/mol. The molecule has 0 unspecified atom stereocenters. The maximum atomic E-state index is 10.2. The Hall–Kier alpha value is -0.610. The van der Waals surface area contributed by atoms with E-state index in [9.17, 15) is 5.11 Å². The zero-order chi connectivity index (χ0) is 17.4. The van der Waals surface area contributed by atoms with Crippen LogP contribution in [0.25, 0.3) is 0 Å². The van der Waals surface area contributed by atoms with E-state index in [-0.39, 0.29) is 0 Å². The van der Waals surface area contributed by atoms with E-state index in [1.165, 1.54) is 19.3 Å². The third kappa shape index (κ3) is 3.37. The van der Waals surface area contributed by atoms with Crippen molar-refractivity contribution in [3.63, 3.8) is 0 Å². The van der Waals surface area contributed by atoms with Gasteiger partial charge < -0.3 is 15.2 Å². The van der Waals surface area contributed by atoms with E-state index in [0.29, 0.717) is 36.6 Å². The molecule has 0 amide bonds. The summed E-state index contributed by atoms with van der Waals surface area (Å²) < 4.78 is 5.63. The van der Waals surface area contributed by atoms with Crippen LogP contribution in [0, 0.1) is 16.7 Å². The summed E-state index contributed by atoms with van der Waals surface area (Å²) in [5.41, 5.74) is 1.82. The van der Waals surface area contributed by atoms with Gasteiger partial charge in [0.25, 0.3) is 0 Å². The molecule has 4 heteroatoms. The molecule has 2 bridgehead atoms. The molecule has 2 aliphatic carbocycles. The fourth-order valence-electron chi connectivity index (χ4n) is 4.74. The van der Waals surface area contributed by atoms with Gasteiger partial charge in [-0.1, -0.05) is 44.5 Å². The predicted octanol–water partition coefficient (Wildman–Crippen LogP) is 4.02. The number of ether oxygens (including phenoxy) is 1. The number of nitrogens with one attached hydrogen (secondary N) is 1. The average molecular weight is 352 g/mol. The van der Waals surface area contributed by atoms with Crippen molar-refractivity contribution in [2.24, 2.45) is 16.7 Å². The Kier molecular flexibility index (Phi) is 5.27. The number of aliphatic hydroxyl groups is 1. The highest BCUT2D eigenvalue weighted by molar-refractivity contribution is 6.30. The van der Waals surface area contributed by atoms with Gasteiger partial charge in [0.1, 0.15) is 0 Å². The maximum Gasteiger partial charge on any atom is 0.0897 e. The second-order valence-corrected chi connectivity index (χ2v) is 8.80. The average Bonchev–Trinajstić information content (AvgIpc) is 2.88. The van der Waals surface area contributed by atoms with Crippen molar-refractivity contribution in [3.8, 4) is 0 Å². The quantitative estimate of drug-likeness (QED) is 0.779. The third-order valence-corrected chi connectivity index (χ3v) is 7.14. The summed E-state index contributed by atoms with van der Waals surface area (Å²) in [5.74, 6) is 0.818. The first-order valence-corrected chi connectivity index (χ1v) is 9.44. The smallest absolute Gasteiger partial charge is 0.0897 e. The van der Waals surface area contributed by atoms with Crippen molar-refractivity contribution in [1.82, 2.24) is 5.32 Å². The summed E-state index contributed by atoms with van der Waals surface area (Å²) in [4.78, 5) is 0.